The van der Waals surface area contributed by atoms with Gasteiger partial charge in [-0.1, -0.05) is 17.7 Å². The first-order valence-electron chi connectivity index (χ1n) is 7.57. The Labute approximate surface area is 150 Å². The number of hydrogen-bond acceptors (Lipinski definition) is 4. The van der Waals surface area contributed by atoms with Crippen molar-refractivity contribution in [2.45, 2.75) is 17.1 Å². The molecule has 1 saturated heterocycles. The zero-order valence-electron chi connectivity index (χ0n) is 12.8. The molecular weight excluding hydrogens is 368 g/mol. The molecule has 1 aliphatic heterocycles. The second kappa shape index (κ2) is 7.23. The Morgan fingerprint density at radius 1 is 1.25 bits per heavy atom. The molecule has 5 nitrogen and oxygen atoms in total. The molecule has 0 unspecified atom stereocenters. The van der Waals surface area contributed by atoms with E-state index in [9.17, 15) is 13.2 Å². The Hall–Kier alpha value is -1.41. The third-order valence-electron chi connectivity index (χ3n) is 3.96. The molecule has 24 heavy (non-hydrogen) atoms. The summed E-state index contributed by atoms with van der Waals surface area (Å²) in [4.78, 5) is 12.4. The number of nitrogens with one attached hydrogen (secondary N) is 1. The third-order valence-corrected chi connectivity index (χ3v) is 7.45. The van der Waals surface area contributed by atoms with Gasteiger partial charge in [0.1, 0.15) is 4.21 Å². The van der Waals surface area contributed by atoms with Crippen LogP contribution in [-0.2, 0) is 14.8 Å². The molecule has 2 heterocycles. The third kappa shape index (κ3) is 3.80. The lowest BCUT2D eigenvalue weighted by atomic mass is 9.99. The number of carbonyl (C=O) groups is 1. The van der Waals surface area contributed by atoms with Gasteiger partial charge in [-0.3, -0.25) is 4.79 Å². The number of hydrogen-bond donors (Lipinski definition) is 1. The highest BCUT2D eigenvalue weighted by Gasteiger charge is 2.33. The monoisotopic (exact) mass is 384 g/mol. The van der Waals surface area contributed by atoms with E-state index >= 15 is 0 Å². The van der Waals surface area contributed by atoms with Gasteiger partial charge in [-0.05, 0) is 48.6 Å². The molecule has 128 valence electrons. The van der Waals surface area contributed by atoms with Gasteiger partial charge < -0.3 is 5.32 Å². The quantitative estimate of drug-likeness (QED) is 0.878. The molecule has 0 aliphatic carbocycles. The molecule has 8 heteroatoms. The van der Waals surface area contributed by atoms with E-state index in [0.717, 1.165) is 0 Å². The van der Waals surface area contributed by atoms with Crippen molar-refractivity contribution in [1.82, 2.24) is 4.31 Å². The van der Waals surface area contributed by atoms with Crippen LogP contribution in [0.5, 0.6) is 0 Å². The Morgan fingerprint density at radius 2 is 2.00 bits per heavy atom. The van der Waals surface area contributed by atoms with Crippen LogP contribution < -0.4 is 5.32 Å². The Morgan fingerprint density at radius 3 is 2.67 bits per heavy atom. The summed E-state index contributed by atoms with van der Waals surface area (Å²) >= 11 is 7.02. The Bertz CT molecular complexity index is 804. The maximum Gasteiger partial charge on any atom is 0.252 e. The van der Waals surface area contributed by atoms with E-state index < -0.39 is 10.0 Å². The number of nitrogens with zero attached hydrogens (tertiary/aromatic N) is 1. The molecule has 1 aromatic heterocycles. The van der Waals surface area contributed by atoms with Crippen molar-refractivity contribution in [1.29, 1.82) is 0 Å². The lowest BCUT2D eigenvalue weighted by Crippen LogP contribution is -2.43. The van der Waals surface area contributed by atoms with Crippen molar-refractivity contribution in [2.75, 3.05) is 18.4 Å². The van der Waals surface area contributed by atoms with E-state index in [1.807, 2.05) is 0 Å². The summed E-state index contributed by atoms with van der Waals surface area (Å²) in [7, 11) is -3.51. The topological polar surface area (TPSA) is 66.5 Å². The number of thiophene rings is 1. The van der Waals surface area contributed by atoms with Crippen LogP contribution in [-0.4, -0.2) is 31.7 Å². The van der Waals surface area contributed by atoms with Crippen LogP contribution in [0.25, 0.3) is 0 Å². The van der Waals surface area contributed by atoms with Gasteiger partial charge in [0.2, 0.25) is 5.91 Å². The predicted molar refractivity (Wildman–Crippen MR) is 95.9 cm³/mol. The molecule has 2 aromatic rings. The van der Waals surface area contributed by atoms with E-state index in [2.05, 4.69) is 5.32 Å². The van der Waals surface area contributed by atoms with Gasteiger partial charge >= 0.3 is 0 Å². The molecule has 3 rings (SSSR count). The molecule has 0 bridgehead atoms. The molecule has 1 atom stereocenters. The molecule has 0 saturated carbocycles. The van der Waals surface area contributed by atoms with Crippen LogP contribution in [0.1, 0.15) is 12.8 Å². The van der Waals surface area contributed by atoms with Gasteiger partial charge in [0.15, 0.2) is 0 Å². The fourth-order valence-electron chi connectivity index (χ4n) is 2.69. The lowest BCUT2D eigenvalue weighted by molar-refractivity contribution is -0.120. The number of piperidine rings is 1. The summed E-state index contributed by atoms with van der Waals surface area (Å²) in [6, 6.07) is 10.2. The summed E-state index contributed by atoms with van der Waals surface area (Å²) in [6.07, 6.45) is 1.35. The maximum absolute atomic E-state index is 12.6. The van der Waals surface area contributed by atoms with Crippen LogP contribution in [0.3, 0.4) is 0 Å². The van der Waals surface area contributed by atoms with Gasteiger partial charge in [-0.25, -0.2) is 8.42 Å². The van der Waals surface area contributed by atoms with Crippen molar-refractivity contribution in [3.05, 3.63) is 46.8 Å². The minimum Gasteiger partial charge on any atom is -0.326 e. The fraction of sp³-hybridized carbons (Fsp3) is 0.312. The number of benzene rings is 1. The van der Waals surface area contributed by atoms with E-state index in [1.165, 1.54) is 15.6 Å². The first-order chi connectivity index (χ1) is 11.5. The average molecular weight is 385 g/mol. The van der Waals surface area contributed by atoms with Gasteiger partial charge in [-0.2, -0.15) is 4.31 Å². The fourth-order valence-corrected chi connectivity index (χ4v) is 5.48. The minimum absolute atomic E-state index is 0.164. The normalized spacial score (nSPS) is 19.1. The van der Waals surface area contributed by atoms with E-state index in [1.54, 1.807) is 41.8 Å². The molecule has 1 fully saturated rings. The first-order valence-corrected chi connectivity index (χ1v) is 10.3. The van der Waals surface area contributed by atoms with Gasteiger partial charge in [-0.15, -0.1) is 11.3 Å². The zero-order valence-corrected chi connectivity index (χ0v) is 15.2. The Balaban J connectivity index is 1.69. The van der Waals surface area contributed by atoms with Crippen molar-refractivity contribution < 1.29 is 13.2 Å². The Kier molecular flexibility index (Phi) is 5.24. The largest absolute Gasteiger partial charge is 0.326 e. The number of halogens is 1. The van der Waals surface area contributed by atoms with Crippen molar-refractivity contribution >= 4 is 44.6 Å². The molecule has 1 aliphatic rings. The summed E-state index contributed by atoms with van der Waals surface area (Å²) in [5.41, 5.74) is 0.655. The second-order valence-corrected chi connectivity index (χ2v) is 9.18. The molecule has 0 spiro atoms. The molecule has 1 amide bonds. The van der Waals surface area contributed by atoms with Gasteiger partial charge in [0, 0.05) is 23.8 Å². The maximum atomic E-state index is 12.6. The van der Waals surface area contributed by atoms with Gasteiger partial charge in [0.05, 0.1) is 5.92 Å². The zero-order chi connectivity index (χ0) is 17.2. The number of carbonyl (C=O) groups excluding carboxylic acids is 1. The summed E-state index contributed by atoms with van der Waals surface area (Å²) in [6.45, 7) is 0.657. The number of rotatable bonds is 4. The first kappa shape index (κ1) is 17.4. The number of sulfonamides is 1. The van der Waals surface area contributed by atoms with Crippen LogP contribution >= 0.6 is 22.9 Å². The van der Waals surface area contributed by atoms with Crippen molar-refractivity contribution in [3.8, 4) is 0 Å². The highest BCUT2D eigenvalue weighted by molar-refractivity contribution is 7.91. The summed E-state index contributed by atoms with van der Waals surface area (Å²) < 4.78 is 26.9. The second-order valence-electron chi connectivity index (χ2n) is 5.63. The summed E-state index contributed by atoms with van der Waals surface area (Å²) in [5, 5.41) is 5.16. The number of anilines is 1. The molecule has 1 N–H and O–H groups in total. The SMILES string of the molecule is O=C(Nc1ccc(Cl)cc1)[C@H]1CCCN(S(=O)(=O)c2cccs2)C1. The molecule has 1 aromatic carbocycles. The van der Waals surface area contributed by atoms with Crippen molar-refractivity contribution in [3.63, 3.8) is 0 Å². The number of amides is 1. The predicted octanol–water partition coefficient (Wildman–Crippen LogP) is 3.44. The van der Waals surface area contributed by atoms with Crippen molar-refractivity contribution in [2.24, 2.45) is 5.92 Å². The van der Waals surface area contributed by atoms with Crippen LogP contribution in [0.15, 0.2) is 46.0 Å². The highest BCUT2D eigenvalue weighted by atomic mass is 35.5. The van der Waals surface area contributed by atoms with Crippen LogP contribution in [0, 0.1) is 5.92 Å². The lowest BCUT2D eigenvalue weighted by Gasteiger charge is -2.30. The molecular formula is C16H17ClN2O3S2. The standard InChI is InChI=1S/C16H17ClN2O3S2/c17-13-5-7-14(8-6-13)18-16(20)12-3-1-9-19(11-12)24(21,22)15-4-2-10-23-15/h2,4-8,10,12H,1,3,9,11H2,(H,18,20)/t12-/m0/s1. The smallest absolute Gasteiger partial charge is 0.252 e. The van der Waals surface area contributed by atoms with E-state index in [-0.39, 0.29) is 18.4 Å². The van der Waals surface area contributed by atoms with E-state index in [0.29, 0.717) is 34.3 Å². The average Bonchev–Trinajstić information content (AvgIpc) is 3.12. The molecule has 0 radical (unpaired) electrons. The summed E-state index contributed by atoms with van der Waals surface area (Å²) in [5.74, 6) is -0.521. The van der Waals surface area contributed by atoms with Gasteiger partial charge in [0.25, 0.3) is 10.0 Å². The minimum atomic E-state index is -3.51. The van der Waals surface area contributed by atoms with E-state index in [4.69, 9.17) is 11.6 Å². The van der Waals surface area contributed by atoms with Crippen LogP contribution in [0.2, 0.25) is 5.02 Å². The highest BCUT2D eigenvalue weighted by Crippen LogP contribution is 2.27. The van der Waals surface area contributed by atoms with Crippen LogP contribution in [0.4, 0.5) is 5.69 Å².